The number of carbonyl (C=O) groups is 2. The van der Waals surface area contributed by atoms with E-state index in [0.717, 1.165) is 5.56 Å². The number of nitrogens with one attached hydrogen (secondary N) is 1. The van der Waals surface area contributed by atoms with Crippen molar-refractivity contribution in [2.24, 2.45) is 0 Å². The molecule has 0 unspecified atom stereocenters. The largest absolute Gasteiger partial charge is 0.465 e. The molecule has 0 fully saturated rings. The highest BCUT2D eigenvalue weighted by molar-refractivity contribution is 9.10. The van der Waals surface area contributed by atoms with Gasteiger partial charge in [0.05, 0.1) is 18.4 Å². The molecular weight excluding hydrogens is 274 g/mol. The summed E-state index contributed by atoms with van der Waals surface area (Å²) in [6.07, 6.45) is 0. The number of carbonyl (C=O) groups excluding carboxylic acids is 2. The van der Waals surface area contributed by atoms with Gasteiger partial charge in [0.2, 0.25) is 5.91 Å². The fourth-order valence-corrected chi connectivity index (χ4v) is 1.97. The van der Waals surface area contributed by atoms with Gasteiger partial charge in [0.25, 0.3) is 0 Å². The van der Waals surface area contributed by atoms with Crippen molar-refractivity contribution in [3.63, 3.8) is 0 Å². The molecule has 0 heterocycles. The molecule has 5 heteroatoms. The number of esters is 1. The van der Waals surface area contributed by atoms with E-state index in [9.17, 15) is 9.59 Å². The molecule has 1 N–H and O–H groups in total. The Hall–Kier alpha value is -1.36. The van der Waals surface area contributed by atoms with E-state index in [0.29, 0.717) is 15.7 Å². The molecule has 0 atom stereocenters. The molecule has 1 amide bonds. The lowest BCUT2D eigenvalue weighted by atomic mass is 10.1. The topological polar surface area (TPSA) is 55.4 Å². The van der Waals surface area contributed by atoms with Crippen LogP contribution in [-0.2, 0) is 9.53 Å². The number of rotatable bonds is 2. The normalized spacial score (nSPS) is 9.75. The lowest BCUT2D eigenvalue weighted by molar-refractivity contribution is -0.114. The molecule has 0 saturated heterocycles. The third-order valence-corrected chi connectivity index (χ3v) is 2.63. The van der Waals surface area contributed by atoms with E-state index >= 15 is 0 Å². The first-order valence-corrected chi connectivity index (χ1v) is 5.41. The van der Waals surface area contributed by atoms with E-state index < -0.39 is 5.97 Å². The number of amides is 1. The number of benzene rings is 1. The van der Waals surface area contributed by atoms with Crippen molar-refractivity contribution in [1.82, 2.24) is 0 Å². The Labute approximate surface area is 102 Å². The van der Waals surface area contributed by atoms with Gasteiger partial charge in [-0.1, -0.05) is 0 Å². The number of anilines is 1. The lowest BCUT2D eigenvalue weighted by Crippen LogP contribution is -2.09. The third-order valence-electron chi connectivity index (χ3n) is 2.01. The summed E-state index contributed by atoms with van der Waals surface area (Å²) in [4.78, 5) is 22.3. The molecule has 0 radical (unpaired) electrons. The minimum Gasteiger partial charge on any atom is -0.465 e. The van der Waals surface area contributed by atoms with E-state index in [4.69, 9.17) is 0 Å². The molecule has 0 aliphatic carbocycles. The standard InChI is InChI=1S/C11H12BrNO3/c1-6-4-8(11(15)16-3)5-9(12)10(6)13-7(2)14/h4-5H,1-3H3,(H,13,14). The second-order valence-corrected chi connectivity index (χ2v) is 4.18. The summed E-state index contributed by atoms with van der Waals surface area (Å²) in [7, 11) is 1.33. The average molecular weight is 286 g/mol. The summed E-state index contributed by atoms with van der Waals surface area (Å²) in [6.45, 7) is 3.24. The van der Waals surface area contributed by atoms with Gasteiger partial charge < -0.3 is 10.1 Å². The Morgan fingerprint density at radius 1 is 1.38 bits per heavy atom. The number of aryl methyl sites for hydroxylation is 1. The second-order valence-electron chi connectivity index (χ2n) is 3.32. The molecule has 0 aromatic heterocycles. The third kappa shape index (κ3) is 2.82. The van der Waals surface area contributed by atoms with Crippen LogP contribution in [0.2, 0.25) is 0 Å². The monoisotopic (exact) mass is 285 g/mol. The van der Waals surface area contributed by atoms with E-state index in [1.165, 1.54) is 14.0 Å². The van der Waals surface area contributed by atoms with Gasteiger partial charge in [-0.2, -0.15) is 0 Å². The van der Waals surface area contributed by atoms with Crippen LogP contribution in [0.5, 0.6) is 0 Å². The SMILES string of the molecule is COC(=O)c1cc(C)c(NC(C)=O)c(Br)c1. The first-order chi connectivity index (χ1) is 7.45. The summed E-state index contributed by atoms with van der Waals surface area (Å²) in [6, 6.07) is 3.28. The lowest BCUT2D eigenvalue weighted by Gasteiger charge is -2.10. The van der Waals surface area contributed by atoms with Gasteiger partial charge in [0.15, 0.2) is 0 Å². The maximum absolute atomic E-state index is 11.3. The van der Waals surface area contributed by atoms with Gasteiger partial charge in [0.1, 0.15) is 0 Å². The molecule has 0 saturated carbocycles. The molecule has 0 bridgehead atoms. The molecule has 1 aromatic carbocycles. The summed E-state index contributed by atoms with van der Waals surface area (Å²) in [5.41, 5.74) is 1.91. The summed E-state index contributed by atoms with van der Waals surface area (Å²) < 4.78 is 5.28. The number of halogens is 1. The van der Waals surface area contributed by atoms with E-state index in [-0.39, 0.29) is 5.91 Å². The Morgan fingerprint density at radius 2 is 2.00 bits per heavy atom. The highest BCUT2D eigenvalue weighted by atomic mass is 79.9. The minimum atomic E-state index is -0.404. The highest BCUT2D eigenvalue weighted by Gasteiger charge is 2.12. The summed E-state index contributed by atoms with van der Waals surface area (Å²) in [5.74, 6) is -0.562. The molecule has 16 heavy (non-hydrogen) atoms. The predicted octanol–water partition coefficient (Wildman–Crippen LogP) is 2.50. The van der Waals surface area contributed by atoms with Gasteiger partial charge in [-0.05, 0) is 40.5 Å². The van der Waals surface area contributed by atoms with Crippen LogP contribution >= 0.6 is 15.9 Å². The zero-order valence-corrected chi connectivity index (χ0v) is 10.8. The minimum absolute atomic E-state index is 0.158. The maximum Gasteiger partial charge on any atom is 0.337 e. The Kier molecular flexibility index (Phi) is 4.06. The van der Waals surface area contributed by atoms with Crippen LogP contribution in [0, 0.1) is 6.92 Å². The summed E-state index contributed by atoms with van der Waals surface area (Å²) >= 11 is 3.30. The Morgan fingerprint density at radius 3 is 2.44 bits per heavy atom. The van der Waals surface area contributed by atoms with Gasteiger partial charge >= 0.3 is 5.97 Å². The van der Waals surface area contributed by atoms with Crippen LogP contribution in [0.1, 0.15) is 22.8 Å². The van der Waals surface area contributed by atoms with Crippen molar-refractivity contribution in [1.29, 1.82) is 0 Å². The van der Waals surface area contributed by atoms with Crippen LogP contribution in [-0.4, -0.2) is 19.0 Å². The number of hydrogen-bond acceptors (Lipinski definition) is 3. The highest BCUT2D eigenvalue weighted by Crippen LogP contribution is 2.28. The Bertz CT molecular complexity index is 420. The molecule has 1 rings (SSSR count). The van der Waals surface area contributed by atoms with Crippen molar-refractivity contribution in [2.75, 3.05) is 12.4 Å². The van der Waals surface area contributed by atoms with E-state index in [1.54, 1.807) is 12.1 Å². The van der Waals surface area contributed by atoms with Crippen molar-refractivity contribution in [3.05, 3.63) is 27.7 Å². The van der Waals surface area contributed by atoms with Gasteiger partial charge in [-0.3, -0.25) is 4.79 Å². The average Bonchev–Trinajstić information content (AvgIpc) is 2.21. The molecule has 1 aromatic rings. The Balaban J connectivity index is 3.17. The van der Waals surface area contributed by atoms with Crippen molar-refractivity contribution in [2.45, 2.75) is 13.8 Å². The molecule has 86 valence electrons. The predicted molar refractivity (Wildman–Crippen MR) is 64.5 cm³/mol. The van der Waals surface area contributed by atoms with Crippen LogP contribution in [0.3, 0.4) is 0 Å². The quantitative estimate of drug-likeness (QED) is 0.850. The fraction of sp³-hybridized carbons (Fsp3) is 0.273. The molecule has 0 spiro atoms. The van der Waals surface area contributed by atoms with Crippen LogP contribution in [0.15, 0.2) is 16.6 Å². The number of methoxy groups -OCH3 is 1. The van der Waals surface area contributed by atoms with Crippen molar-refractivity contribution < 1.29 is 14.3 Å². The van der Waals surface area contributed by atoms with E-state index in [1.807, 2.05) is 6.92 Å². The van der Waals surface area contributed by atoms with Crippen molar-refractivity contribution in [3.8, 4) is 0 Å². The van der Waals surface area contributed by atoms with Gasteiger partial charge in [0, 0.05) is 11.4 Å². The smallest absolute Gasteiger partial charge is 0.337 e. The fourth-order valence-electron chi connectivity index (χ4n) is 1.31. The van der Waals surface area contributed by atoms with Gasteiger partial charge in [-0.15, -0.1) is 0 Å². The van der Waals surface area contributed by atoms with Crippen molar-refractivity contribution >= 4 is 33.5 Å². The van der Waals surface area contributed by atoms with Crippen LogP contribution < -0.4 is 5.32 Å². The summed E-state index contributed by atoms with van der Waals surface area (Å²) in [5, 5.41) is 2.69. The number of hydrogen-bond donors (Lipinski definition) is 1. The van der Waals surface area contributed by atoms with Gasteiger partial charge in [-0.25, -0.2) is 4.79 Å². The van der Waals surface area contributed by atoms with Crippen LogP contribution in [0.25, 0.3) is 0 Å². The zero-order chi connectivity index (χ0) is 12.3. The van der Waals surface area contributed by atoms with E-state index in [2.05, 4.69) is 26.0 Å². The second kappa shape index (κ2) is 5.12. The van der Waals surface area contributed by atoms with Crippen LogP contribution in [0.4, 0.5) is 5.69 Å². The molecule has 4 nitrogen and oxygen atoms in total. The molecular formula is C11H12BrNO3. The first-order valence-electron chi connectivity index (χ1n) is 4.61. The zero-order valence-electron chi connectivity index (χ0n) is 9.26. The molecule has 0 aliphatic rings. The first kappa shape index (κ1) is 12.7. The maximum atomic E-state index is 11.3. The molecule has 0 aliphatic heterocycles. The number of ether oxygens (including phenoxy) is 1.